The van der Waals surface area contributed by atoms with Gasteiger partial charge in [-0.15, -0.1) is 0 Å². The summed E-state index contributed by atoms with van der Waals surface area (Å²) in [5.74, 6) is -3.45. The van der Waals surface area contributed by atoms with Crippen LogP contribution in [0.2, 0.25) is 0 Å². The molecule has 0 amide bonds. The third kappa shape index (κ3) is 5.06. The van der Waals surface area contributed by atoms with E-state index in [9.17, 15) is 26.8 Å². The Balaban J connectivity index is 2.96. The average molecular weight is 529 g/mol. The van der Waals surface area contributed by atoms with Crippen molar-refractivity contribution in [2.75, 3.05) is 0 Å². The van der Waals surface area contributed by atoms with Crippen LogP contribution in [0, 0.1) is 0 Å². The number of esters is 2. The van der Waals surface area contributed by atoms with Crippen LogP contribution < -0.4 is 9.47 Å². The molecule has 1 N–H and O–H groups in total. The van der Waals surface area contributed by atoms with E-state index in [-0.39, 0.29) is 10.2 Å². The Morgan fingerprint density at radius 3 is 2.35 bits per heavy atom. The van der Waals surface area contributed by atoms with E-state index in [1.54, 1.807) is 6.92 Å². The summed E-state index contributed by atoms with van der Waals surface area (Å²) in [4.78, 5) is 22.6. The lowest BCUT2D eigenvalue weighted by atomic mass is 10.3. The minimum atomic E-state index is -5.96. The van der Waals surface area contributed by atoms with Crippen molar-refractivity contribution in [1.82, 2.24) is 0 Å². The van der Waals surface area contributed by atoms with Gasteiger partial charge in [0.1, 0.15) is 15.4 Å². The van der Waals surface area contributed by atoms with Crippen molar-refractivity contribution >= 4 is 60.6 Å². The highest BCUT2D eigenvalue weighted by molar-refractivity contribution is 14.1. The maximum Gasteiger partial charge on any atom is 0.466 e. The molecule has 128 valence electrons. The molecule has 0 aliphatic rings. The fourth-order valence-corrected chi connectivity index (χ4v) is 1.91. The largest absolute Gasteiger partial charge is 0.466 e. The zero-order chi connectivity index (χ0) is 18.0. The summed E-state index contributed by atoms with van der Waals surface area (Å²) in [7, 11) is -5.96. The Labute approximate surface area is 151 Å². The zero-order valence-electron chi connectivity index (χ0n) is 11.1. The minimum absolute atomic E-state index is 0.0479. The lowest BCUT2D eigenvalue weighted by Crippen LogP contribution is -2.40. The predicted octanol–water partition coefficient (Wildman–Crippen LogP) is 2.56. The van der Waals surface area contributed by atoms with Crippen molar-refractivity contribution in [1.29, 1.82) is 0 Å². The summed E-state index contributed by atoms with van der Waals surface area (Å²) < 4.78 is 64.0. The molecule has 0 heterocycles. The summed E-state index contributed by atoms with van der Waals surface area (Å²) in [6.45, 7) is 1.59. The third-order valence-electron chi connectivity index (χ3n) is 2.21. The van der Waals surface area contributed by atoms with Gasteiger partial charge in [0.05, 0.1) is 4.47 Å². The molecule has 12 heteroatoms. The van der Waals surface area contributed by atoms with Gasteiger partial charge < -0.3 is 9.47 Å². The molecule has 23 heavy (non-hydrogen) atoms. The van der Waals surface area contributed by atoms with Gasteiger partial charge in [-0.1, -0.05) is 22.6 Å². The van der Waals surface area contributed by atoms with Crippen LogP contribution >= 0.6 is 38.5 Å². The number of alkyl halides is 3. The molecular formula is C11H8BrF2IO7S. The average Bonchev–Trinajstić information content (AvgIpc) is 2.40. The summed E-state index contributed by atoms with van der Waals surface area (Å²) in [6.07, 6.45) is 0. The zero-order valence-corrected chi connectivity index (χ0v) is 15.7. The molecule has 1 atom stereocenters. The highest BCUT2D eigenvalue weighted by Crippen LogP contribution is 2.32. The first-order valence-electron chi connectivity index (χ1n) is 5.58. The van der Waals surface area contributed by atoms with Gasteiger partial charge in [-0.05, 0) is 41.1 Å². The van der Waals surface area contributed by atoms with E-state index in [0.717, 1.165) is 18.2 Å². The molecule has 0 bridgehead atoms. The molecule has 0 fully saturated rings. The second-order valence-corrected chi connectivity index (χ2v) is 8.20. The number of rotatable bonds is 5. The second kappa shape index (κ2) is 7.36. The normalized spacial score (nSPS) is 13.3. The Kier molecular flexibility index (Phi) is 6.46. The molecule has 0 radical (unpaired) electrons. The van der Waals surface area contributed by atoms with Crippen molar-refractivity contribution < 1.29 is 40.8 Å². The van der Waals surface area contributed by atoms with Gasteiger partial charge in [-0.3, -0.25) is 9.35 Å². The first-order chi connectivity index (χ1) is 10.4. The van der Waals surface area contributed by atoms with Crippen molar-refractivity contribution in [2.24, 2.45) is 0 Å². The smallest absolute Gasteiger partial charge is 0.426 e. The molecule has 0 aliphatic carbocycles. The van der Waals surface area contributed by atoms with E-state index in [0.29, 0.717) is 0 Å². The maximum atomic E-state index is 13.1. The van der Waals surface area contributed by atoms with E-state index in [4.69, 9.17) is 9.29 Å². The number of halogens is 4. The molecule has 0 saturated carbocycles. The fourth-order valence-electron chi connectivity index (χ4n) is 1.09. The SMILES string of the molecule is CC(I)C(=O)Oc1ccc(OC(=O)C(F)(F)S(=O)(=O)O)c(Br)c1. The number of hydrogen-bond acceptors (Lipinski definition) is 6. The number of benzene rings is 1. The van der Waals surface area contributed by atoms with E-state index >= 15 is 0 Å². The highest BCUT2D eigenvalue weighted by atomic mass is 127. The molecule has 7 nitrogen and oxygen atoms in total. The van der Waals surface area contributed by atoms with Crippen LogP contribution in [0.5, 0.6) is 11.5 Å². The highest BCUT2D eigenvalue weighted by Gasteiger charge is 2.54. The van der Waals surface area contributed by atoms with Crippen molar-refractivity contribution in [3.05, 3.63) is 22.7 Å². The van der Waals surface area contributed by atoms with Gasteiger partial charge in [0.2, 0.25) is 0 Å². The Morgan fingerprint density at radius 1 is 1.35 bits per heavy atom. The van der Waals surface area contributed by atoms with E-state index in [2.05, 4.69) is 20.7 Å². The standard InChI is InChI=1S/C11H8BrF2IO7S/c1-5(15)9(16)21-6-2-3-8(7(12)4-6)22-10(17)11(13,14)23(18,19)20/h2-5H,1H3,(H,18,19,20). The summed E-state index contributed by atoms with van der Waals surface area (Å²) >= 11 is 4.72. The predicted molar refractivity (Wildman–Crippen MR) is 85.4 cm³/mol. The van der Waals surface area contributed by atoms with Crippen LogP contribution in [-0.2, 0) is 19.7 Å². The maximum absolute atomic E-state index is 13.1. The molecule has 0 spiro atoms. The lowest BCUT2D eigenvalue weighted by Gasteiger charge is -2.13. The van der Waals surface area contributed by atoms with Gasteiger partial charge in [-0.2, -0.15) is 17.2 Å². The monoisotopic (exact) mass is 528 g/mol. The molecule has 0 saturated heterocycles. The number of carbonyl (C=O) groups excluding carboxylic acids is 2. The number of hydrogen-bond donors (Lipinski definition) is 1. The number of carbonyl (C=O) groups is 2. The first-order valence-corrected chi connectivity index (χ1v) is 9.06. The van der Waals surface area contributed by atoms with Crippen molar-refractivity contribution in [3.8, 4) is 11.5 Å². The van der Waals surface area contributed by atoms with Gasteiger partial charge in [0.15, 0.2) is 0 Å². The molecule has 1 aromatic rings. The number of ether oxygens (including phenoxy) is 2. The van der Waals surface area contributed by atoms with Crippen LogP contribution in [0.1, 0.15) is 6.92 Å². The molecular weight excluding hydrogens is 521 g/mol. The van der Waals surface area contributed by atoms with Gasteiger partial charge >= 0.3 is 27.3 Å². The van der Waals surface area contributed by atoms with E-state index < -0.39 is 37.0 Å². The van der Waals surface area contributed by atoms with Crippen molar-refractivity contribution in [2.45, 2.75) is 16.1 Å². The van der Waals surface area contributed by atoms with Gasteiger partial charge in [0.25, 0.3) is 0 Å². The molecule has 0 aliphatic heterocycles. The fraction of sp³-hybridized carbons (Fsp3) is 0.273. The molecule has 1 aromatic carbocycles. The van der Waals surface area contributed by atoms with Crippen molar-refractivity contribution in [3.63, 3.8) is 0 Å². The summed E-state index contributed by atoms with van der Waals surface area (Å²) in [5.41, 5.74) is 0. The summed E-state index contributed by atoms with van der Waals surface area (Å²) in [6, 6.07) is 3.31. The second-order valence-electron chi connectivity index (χ2n) is 4.01. The van der Waals surface area contributed by atoms with E-state index in [1.165, 1.54) is 0 Å². The first kappa shape index (κ1) is 20.2. The quantitative estimate of drug-likeness (QED) is 0.206. The van der Waals surface area contributed by atoms with Gasteiger partial charge in [-0.25, -0.2) is 4.79 Å². The van der Waals surface area contributed by atoms with Crippen LogP contribution in [-0.4, -0.2) is 34.1 Å². The van der Waals surface area contributed by atoms with E-state index in [1.807, 2.05) is 22.6 Å². The lowest BCUT2D eigenvalue weighted by molar-refractivity contribution is -0.151. The van der Waals surface area contributed by atoms with Crippen LogP contribution in [0.3, 0.4) is 0 Å². The minimum Gasteiger partial charge on any atom is -0.426 e. The van der Waals surface area contributed by atoms with Crippen LogP contribution in [0.15, 0.2) is 22.7 Å². The molecule has 0 aromatic heterocycles. The molecule has 1 unspecified atom stereocenters. The topological polar surface area (TPSA) is 107 Å². The van der Waals surface area contributed by atoms with Crippen LogP contribution in [0.25, 0.3) is 0 Å². The van der Waals surface area contributed by atoms with Gasteiger partial charge in [0, 0.05) is 0 Å². The Morgan fingerprint density at radius 2 is 1.91 bits per heavy atom. The Bertz CT molecular complexity index is 736. The summed E-state index contributed by atoms with van der Waals surface area (Å²) in [5, 5.41) is -5.12. The third-order valence-corrected chi connectivity index (χ3v) is 4.15. The molecule has 1 rings (SSSR count). The Hall–Kier alpha value is -0.860. The van der Waals surface area contributed by atoms with Crippen LogP contribution in [0.4, 0.5) is 8.78 Å².